The molecular formula is C25H30N4O5S. The third kappa shape index (κ3) is 5.49. The number of ether oxygens (including phenoxy) is 1. The maximum Gasteiger partial charge on any atom is 0.247 e. The first-order valence-corrected chi connectivity index (χ1v) is 13.0. The monoisotopic (exact) mass is 498 g/mol. The fraction of sp³-hybridized carbons (Fsp3) is 0.360. The fourth-order valence-corrected chi connectivity index (χ4v) is 6.10. The van der Waals surface area contributed by atoms with Crippen molar-refractivity contribution < 1.29 is 22.7 Å². The van der Waals surface area contributed by atoms with Crippen molar-refractivity contribution >= 4 is 38.4 Å². The summed E-state index contributed by atoms with van der Waals surface area (Å²) in [5, 5.41) is 6.45. The van der Waals surface area contributed by atoms with Gasteiger partial charge in [-0.05, 0) is 42.7 Å². The molecule has 10 heteroatoms. The number of amides is 2. The lowest BCUT2D eigenvalue weighted by Crippen LogP contribution is -2.44. The van der Waals surface area contributed by atoms with E-state index in [9.17, 15) is 18.0 Å². The molecule has 1 aliphatic rings. The third-order valence-corrected chi connectivity index (χ3v) is 8.08. The SMILES string of the molecule is COc1ccc(NC(=O)[C@@H](Cc2c[nH]c3ccccc23)NC(C)=O)cc1S(=O)(=O)N1CCCCC1. The molecule has 3 N–H and O–H groups in total. The van der Waals surface area contributed by atoms with Gasteiger partial charge in [0.15, 0.2) is 0 Å². The number of carbonyl (C=O) groups is 2. The topological polar surface area (TPSA) is 121 Å². The number of fused-ring (bicyclic) bond motifs is 1. The van der Waals surface area contributed by atoms with E-state index in [2.05, 4.69) is 15.6 Å². The molecule has 0 spiro atoms. The van der Waals surface area contributed by atoms with E-state index in [1.165, 1.54) is 30.5 Å². The Hall–Kier alpha value is -3.37. The van der Waals surface area contributed by atoms with Crippen LogP contribution in [0.3, 0.4) is 0 Å². The summed E-state index contributed by atoms with van der Waals surface area (Å²) >= 11 is 0. The Morgan fingerprint density at radius 1 is 1.11 bits per heavy atom. The predicted molar refractivity (Wildman–Crippen MR) is 134 cm³/mol. The second kappa shape index (κ2) is 10.5. The number of benzene rings is 2. The summed E-state index contributed by atoms with van der Waals surface area (Å²) in [5.74, 6) is -0.573. The van der Waals surface area contributed by atoms with E-state index in [-0.39, 0.29) is 23.0 Å². The van der Waals surface area contributed by atoms with Crippen molar-refractivity contribution in [1.82, 2.24) is 14.6 Å². The Balaban J connectivity index is 1.59. The highest BCUT2D eigenvalue weighted by Gasteiger charge is 2.30. The van der Waals surface area contributed by atoms with Gasteiger partial charge < -0.3 is 20.4 Å². The van der Waals surface area contributed by atoms with Crippen LogP contribution in [0.25, 0.3) is 10.9 Å². The molecule has 1 aliphatic heterocycles. The lowest BCUT2D eigenvalue weighted by Gasteiger charge is -2.26. The number of sulfonamides is 1. The van der Waals surface area contributed by atoms with Gasteiger partial charge in [0.1, 0.15) is 16.7 Å². The van der Waals surface area contributed by atoms with Crippen LogP contribution in [0.1, 0.15) is 31.7 Å². The molecule has 1 aromatic heterocycles. The Kier molecular flexibility index (Phi) is 7.42. The number of H-pyrrole nitrogens is 1. The predicted octanol–water partition coefficient (Wildman–Crippen LogP) is 3.04. The molecule has 1 fully saturated rings. The van der Waals surface area contributed by atoms with E-state index in [1.807, 2.05) is 30.5 Å². The van der Waals surface area contributed by atoms with Crippen LogP contribution in [-0.4, -0.2) is 55.8 Å². The first kappa shape index (κ1) is 24.7. The van der Waals surface area contributed by atoms with Crippen LogP contribution in [0.4, 0.5) is 5.69 Å². The molecule has 1 saturated heterocycles. The smallest absolute Gasteiger partial charge is 0.247 e. The van der Waals surface area contributed by atoms with Gasteiger partial charge in [0.2, 0.25) is 21.8 Å². The molecule has 0 radical (unpaired) electrons. The number of nitrogens with one attached hydrogen (secondary N) is 3. The lowest BCUT2D eigenvalue weighted by atomic mass is 10.0. The van der Waals surface area contributed by atoms with Crippen LogP contribution < -0.4 is 15.4 Å². The average Bonchev–Trinajstić information content (AvgIpc) is 3.26. The molecule has 2 heterocycles. The van der Waals surface area contributed by atoms with Crippen molar-refractivity contribution in [2.24, 2.45) is 0 Å². The molecule has 0 aliphatic carbocycles. The quantitative estimate of drug-likeness (QED) is 0.441. The molecule has 1 atom stereocenters. The van der Waals surface area contributed by atoms with Gasteiger partial charge in [-0.1, -0.05) is 24.6 Å². The van der Waals surface area contributed by atoms with Gasteiger partial charge in [0, 0.05) is 49.2 Å². The van der Waals surface area contributed by atoms with E-state index in [1.54, 1.807) is 6.07 Å². The number of aromatic nitrogens is 1. The van der Waals surface area contributed by atoms with Crippen molar-refractivity contribution in [2.75, 3.05) is 25.5 Å². The number of piperidine rings is 1. The van der Waals surface area contributed by atoms with Crippen molar-refractivity contribution in [2.45, 2.75) is 43.5 Å². The minimum atomic E-state index is -3.78. The normalized spacial score (nSPS) is 15.5. The second-order valence-electron chi connectivity index (χ2n) is 8.64. The summed E-state index contributed by atoms with van der Waals surface area (Å²) < 4.78 is 33.4. The zero-order valence-electron chi connectivity index (χ0n) is 19.8. The highest BCUT2D eigenvalue weighted by Crippen LogP contribution is 2.31. The largest absolute Gasteiger partial charge is 0.495 e. The molecule has 9 nitrogen and oxygen atoms in total. The Bertz CT molecular complexity index is 1330. The number of rotatable bonds is 8. The van der Waals surface area contributed by atoms with Crippen molar-refractivity contribution in [3.05, 3.63) is 54.2 Å². The van der Waals surface area contributed by atoms with Crippen LogP contribution in [0.5, 0.6) is 5.75 Å². The second-order valence-corrected chi connectivity index (χ2v) is 10.5. The number of nitrogens with zero attached hydrogens (tertiary/aromatic N) is 1. The lowest BCUT2D eigenvalue weighted by molar-refractivity contribution is -0.125. The van der Waals surface area contributed by atoms with Crippen LogP contribution >= 0.6 is 0 Å². The number of hydrogen-bond acceptors (Lipinski definition) is 5. The van der Waals surface area contributed by atoms with Crippen molar-refractivity contribution in [3.8, 4) is 5.75 Å². The maximum atomic E-state index is 13.3. The molecule has 4 rings (SSSR count). The van der Waals surface area contributed by atoms with Crippen LogP contribution in [-0.2, 0) is 26.0 Å². The third-order valence-electron chi connectivity index (χ3n) is 6.16. The fourth-order valence-electron chi connectivity index (χ4n) is 4.40. The molecule has 186 valence electrons. The van der Waals surface area contributed by atoms with Crippen LogP contribution in [0, 0.1) is 0 Å². The summed E-state index contributed by atoms with van der Waals surface area (Å²) in [6.07, 6.45) is 4.71. The number of hydrogen-bond donors (Lipinski definition) is 3. The van der Waals surface area contributed by atoms with E-state index >= 15 is 0 Å². The van der Waals surface area contributed by atoms with Crippen LogP contribution in [0.15, 0.2) is 53.6 Å². The summed E-state index contributed by atoms with van der Waals surface area (Å²) in [6.45, 7) is 2.26. The van der Waals surface area contributed by atoms with E-state index in [0.29, 0.717) is 18.8 Å². The molecule has 35 heavy (non-hydrogen) atoms. The molecule has 3 aromatic rings. The number of methoxy groups -OCH3 is 1. The molecule has 0 bridgehead atoms. The molecule has 0 saturated carbocycles. The molecule has 0 unspecified atom stereocenters. The highest BCUT2D eigenvalue weighted by atomic mass is 32.2. The average molecular weight is 499 g/mol. The summed E-state index contributed by atoms with van der Waals surface area (Å²) in [6, 6.07) is 11.4. The van der Waals surface area contributed by atoms with Crippen molar-refractivity contribution in [1.29, 1.82) is 0 Å². The van der Waals surface area contributed by atoms with Gasteiger partial charge in [-0.25, -0.2) is 8.42 Å². The number of carbonyl (C=O) groups excluding carboxylic acids is 2. The number of aromatic amines is 1. The standard InChI is InChI=1S/C25H30N4O5S/c1-17(30)27-22(14-18-16-26-21-9-5-4-8-20(18)21)25(31)28-19-10-11-23(34-2)24(15-19)35(32,33)29-12-6-3-7-13-29/h4-5,8-11,15-16,22,26H,3,6-7,12-14H2,1-2H3,(H,27,30)(H,28,31)/t22-/m1/s1. The molecule has 2 aromatic carbocycles. The van der Waals surface area contributed by atoms with Gasteiger partial charge in [0.25, 0.3) is 0 Å². The van der Waals surface area contributed by atoms with Gasteiger partial charge in [-0.2, -0.15) is 4.31 Å². The number of para-hydroxylation sites is 1. The van der Waals surface area contributed by atoms with Gasteiger partial charge >= 0.3 is 0 Å². The van der Waals surface area contributed by atoms with Crippen molar-refractivity contribution in [3.63, 3.8) is 0 Å². The van der Waals surface area contributed by atoms with Gasteiger partial charge in [-0.15, -0.1) is 0 Å². The Morgan fingerprint density at radius 2 is 1.86 bits per heavy atom. The summed E-state index contributed by atoms with van der Waals surface area (Å²) in [4.78, 5) is 28.2. The Morgan fingerprint density at radius 3 is 2.57 bits per heavy atom. The van der Waals surface area contributed by atoms with Gasteiger partial charge in [0.05, 0.1) is 7.11 Å². The first-order chi connectivity index (χ1) is 16.8. The van der Waals surface area contributed by atoms with E-state index in [0.717, 1.165) is 35.7 Å². The first-order valence-electron chi connectivity index (χ1n) is 11.6. The number of anilines is 1. The van der Waals surface area contributed by atoms with Crippen LogP contribution in [0.2, 0.25) is 0 Å². The molecular weight excluding hydrogens is 468 g/mol. The summed E-state index contributed by atoms with van der Waals surface area (Å²) in [5.41, 5.74) is 2.13. The molecule has 2 amide bonds. The van der Waals surface area contributed by atoms with Gasteiger partial charge in [-0.3, -0.25) is 9.59 Å². The summed E-state index contributed by atoms with van der Waals surface area (Å²) in [7, 11) is -2.37. The maximum absolute atomic E-state index is 13.3. The minimum absolute atomic E-state index is 0.00686. The highest BCUT2D eigenvalue weighted by molar-refractivity contribution is 7.89. The van der Waals surface area contributed by atoms with E-state index < -0.39 is 22.0 Å². The minimum Gasteiger partial charge on any atom is -0.495 e. The Labute approximate surface area is 204 Å². The van der Waals surface area contributed by atoms with E-state index in [4.69, 9.17) is 4.74 Å². The zero-order valence-corrected chi connectivity index (χ0v) is 20.7. The zero-order chi connectivity index (χ0) is 25.0.